The molecule has 5 heteroatoms. The lowest BCUT2D eigenvalue weighted by Crippen LogP contribution is -2.17. The van der Waals surface area contributed by atoms with Crippen LogP contribution in [0.2, 0.25) is 0 Å². The molecule has 2 aromatic rings. The number of aromatic nitrogens is 3. The van der Waals surface area contributed by atoms with Crippen LogP contribution in [-0.4, -0.2) is 28.1 Å². The predicted molar refractivity (Wildman–Crippen MR) is 72.8 cm³/mol. The van der Waals surface area contributed by atoms with Crippen LogP contribution in [0.3, 0.4) is 0 Å². The first-order chi connectivity index (χ1) is 9.38. The average Bonchev–Trinajstić information content (AvgIpc) is 2.48. The molecule has 1 aliphatic rings. The Morgan fingerprint density at radius 2 is 2.11 bits per heavy atom. The minimum Gasteiger partial charge on any atom is -0.376 e. The molecule has 3 heterocycles. The molecular weight excluding hydrogens is 240 g/mol. The lowest BCUT2D eigenvalue weighted by molar-refractivity contribution is 0.109. The SMILES string of the molecule is CCNc1nc(-c2ccncc2)nc2c1COCC2. The van der Waals surface area contributed by atoms with Gasteiger partial charge in [0, 0.05) is 36.5 Å². The summed E-state index contributed by atoms with van der Waals surface area (Å²) in [7, 11) is 0. The van der Waals surface area contributed by atoms with Gasteiger partial charge in [0.2, 0.25) is 0 Å². The molecule has 0 fully saturated rings. The molecule has 0 aliphatic carbocycles. The van der Waals surface area contributed by atoms with Crippen LogP contribution >= 0.6 is 0 Å². The first kappa shape index (κ1) is 12.0. The molecular formula is C14H16N4O. The number of fused-ring (bicyclic) bond motifs is 1. The van der Waals surface area contributed by atoms with Gasteiger partial charge in [0.1, 0.15) is 5.82 Å². The van der Waals surface area contributed by atoms with Crippen molar-refractivity contribution in [1.82, 2.24) is 15.0 Å². The molecule has 0 unspecified atom stereocenters. The third kappa shape index (κ3) is 2.42. The Labute approximate surface area is 112 Å². The lowest BCUT2D eigenvalue weighted by Gasteiger charge is -2.19. The van der Waals surface area contributed by atoms with Crippen molar-refractivity contribution in [2.24, 2.45) is 0 Å². The molecule has 0 saturated carbocycles. The van der Waals surface area contributed by atoms with Crippen molar-refractivity contribution in [2.45, 2.75) is 20.0 Å². The van der Waals surface area contributed by atoms with Crippen molar-refractivity contribution in [3.8, 4) is 11.4 Å². The second-order valence-corrected chi connectivity index (χ2v) is 4.39. The van der Waals surface area contributed by atoms with Crippen molar-refractivity contribution in [3.05, 3.63) is 35.8 Å². The highest BCUT2D eigenvalue weighted by Crippen LogP contribution is 2.25. The van der Waals surface area contributed by atoms with Crippen molar-refractivity contribution in [1.29, 1.82) is 0 Å². The van der Waals surface area contributed by atoms with Crippen LogP contribution in [0.25, 0.3) is 11.4 Å². The Bertz CT molecular complexity index is 571. The second-order valence-electron chi connectivity index (χ2n) is 4.39. The van der Waals surface area contributed by atoms with Gasteiger partial charge in [-0.05, 0) is 19.1 Å². The van der Waals surface area contributed by atoms with Crippen LogP contribution in [-0.2, 0) is 17.8 Å². The van der Waals surface area contributed by atoms with Gasteiger partial charge in [-0.3, -0.25) is 4.98 Å². The van der Waals surface area contributed by atoms with Gasteiger partial charge in [0.05, 0.1) is 18.9 Å². The summed E-state index contributed by atoms with van der Waals surface area (Å²) < 4.78 is 5.50. The summed E-state index contributed by atoms with van der Waals surface area (Å²) >= 11 is 0. The fourth-order valence-electron chi connectivity index (χ4n) is 2.18. The topological polar surface area (TPSA) is 59.9 Å². The summed E-state index contributed by atoms with van der Waals surface area (Å²) in [6.07, 6.45) is 4.36. The van der Waals surface area contributed by atoms with Gasteiger partial charge in [-0.15, -0.1) is 0 Å². The van der Waals surface area contributed by atoms with E-state index < -0.39 is 0 Å². The molecule has 0 aromatic carbocycles. The maximum atomic E-state index is 5.50. The molecule has 2 aromatic heterocycles. The van der Waals surface area contributed by atoms with Crippen LogP contribution in [0.1, 0.15) is 18.2 Å². The van der Waals surface area contributed by atoms with Gasteiger partial charge in [-0.2, -0.15) is 0 Å². The van der Waals surface area contributed by atoms with E-state index in [-0.39, 0.29) is 0 Å². The monoisotopic (exact) mass is 256 g/mol. The Kier molecular flexibility index (Phi) is 3.37. The Balaban J connectivity index is 2.09. The van der Waals surface area contributed by atoms with Crippen LogP contribution in [0.4, 0.5) is 5.82 Å². The molecule has 0 radical (unpaired) electrons. The number of anilines is 1. The molecule has 19 heavy (non-hydrogen) atoms. The Hall–Kier alpha value is -2.01. The second kappa shape index (κ2) is 5.32. The predicted octanol–water partition coefficient (Wildman–Crippen LogP) is 2.04. The van der Waals surface area contributed by atoms with Crippen molar-refractivity contribution in [3.63, 3.8) is 0 Å². The van der Waals surface area contributed by atoms with E-state index in [9.17, 15) is 0 Å². The number of pyridine rings is 1. The third-order valence-electron chi connectivity index (χ3n) is 3.11. The van der Waals surface area contributed by atoms with Gasteiger partial charge in [0.15, 0.2) is 5.82 Å². The standard InChI is InChI=1S/C14H16N4O/c1-2-16-14-11-9-19-8-5-12(11)17-13(18-14)10-3-6-15-7-4-10/h3-4,6-7H,2,5,8-9H2,1H3,(H,16,17,18). The van der Waals surface area contributed by atoms with Crippen molar-refractivity contribution < 1.29 is 4.74 Å². The first-order valence-electron chi connectivity index (χ1n) is 6.50. The third-order valence-corrected chi connectivity index (χ3v) is 3.11. The zero-order chi connectivity index (χ0) is 13.1. The Morgan fingerprint density at radius 1 is 1.26 bits per heavy atom. The number of nitrogens with one attached hydrogen (secondary N) is 1. The molecule has 5 nitrogen and oxygen atoms in total. The largest absolute Gasteiger partial charge is 0.376 e. The molecule has 3 rings (SSSR count). The molecule has 0 saturated heterocycles. The highest BCUT2D eigenvalue weighted by Gasteiger charge is 2.18. The summed E-state index contributed by atoms with van der Waals surface area (Å²) in [5.74, 6) is 1.64. The molecule has 98 valence electrons. The van der Waals surface area contributed by atoms with Gasteiger partial charge >= 0.3 is 0 Å². The minimum atomic E-state index is 0.592. The maximum absolute atomic E-state index is 5.50. The molecule has 0 spiro atoms. The van der Waals surface area contributed by atoms with E-state index in [0.717, 1.165) is 48.0 Å². The van der Waals surface area contributed by atoms with E-state index >= 15 is 0 Å². The van der Waals surface area contributed by atoms with E-state index in [0.29, 0.717) is 6.61 Å². The molecule has 1 aliphatic heterocycles. The minimum absolute atomic E-state index is 0.592. The summed E-state index contributed by atoms with van der Waals surface area (Å²) in [5, 5.41) is 3.30. The molecule has 0 amide bonds. The van der Waals surface area contributed by atoms with Crippen LogP contribution in [0, 0.1) is 0 Å². The number of hydrogen-bond donors (Lipinski definition) is 1. The number of nitrogens with zero attached hydrogens (tertiary/aromatic N) is 3. The summed E-state index contributed by atoms with van der Waals surface area (Å²) in [6.45, 7) is 4.21. The highest BCUT2D eigenvalue weighted by atomic mass is 16.5. The zero-order valence-electron chi connectivity index (χ0n) is 10.9. The summed E-state index contributed by atoms with van der Waals surface area (Å²) in [6, 6.07) is 3.85. The molecule has 0 bridgehead atoms. The van der Waals surface area contributed by atoms with Gasteiger partial charge in [-0.25, -0.2) is 9.97 Å². The van der Waals surface area contributed by atoms with E-state index in [2.05, 4.69) is 27.2 Å². The van der Waals surface area contributed by atoms with E-state index in [1.54, 1.807) is 12.4 Å². The summed E-state index contributed by atoms with van der Waals surface area (Å²) in [4.78, 5) is 13.3. The Morgan fingerprint density at radius 3 is 2.89 bits per heavy atom. The van der Waals surface area contributed by atoms with Gasteiger partial charge in [0.25, 0.3) is 0 Å². The molecule has 0 atom stereocenters. The number of hydrogen-bond acceptors (Lipinski definition) is 5. The first-order valence-corrected chi connectivity index (χ1v) is 6.50. The number of ether oxygens (including phenoxy) is 1. The summed E-state index contributed by atoms with van der Waals surface area (Å²) in [5.41, 5.74) is 3.17. The van der Waals surface area contributed by atoms with E-state index in [4.69, 9.17) is 4.74 Å². The highest BCUT2D eigenvalue weighted by molar-refractivity contribution is 5.59. The fraction of sp³-hybridized carbons (Fsp3) is 0.357. The van der Waals surface area contributed by atoms with Crippen LogP contribution < -0.4 is 5.32 Å². The fourth-order valence-corrected chi connectivity index (χ4v) is 2.18. The lowest BCUT2D eigenvalue weighted by atomic mass is 10.1. The zero-order valence-corrected chi connectivity index (χ0v) is 10.9. The average molecular weight is 256 g/mol. The smallest absolute Gasteiger partial charge is 0.161 e. The van der Waals surface area contributed by atoms with Crippen LogP contribution in [0.15, 0.2) is 24.5 Å². The van der Waals surface area contributed by atoms with Gasteiger partial charge < -0.3 is 10.1 Å². The van der Waals surface area contributed by atoms with Gasteiger partial charge in [-0.1, -0.05) is 0 Å². The normalized spacial score (nSPS) is 13.9. The van der Waals surface area contributed by atoms with E-state index in [1.165, 1.54) is 0 Å². The quantitative estimate of drug-likeness (QED) is 0.910. The van der Waals surface area contributed by atoms with Crippen molar-refractivity contribution in [2.75, 3.05) is 18.5 Å². The number of rotatable bonds is 3. The molecule has 1 N–H and O–H groups in total. The maximum Gasteiger partial charge on any atom is 0.161 e. The van der Waals surface area contributed by atoms with Crippen molar-refractivity contribution >= 4 is 5.82 Å². The van der Waals surface area contributed by atoms with Crippen LogP contribution in [0.5, 0.6) is 0 Å². The van der Waals surface area contributed by atoms with E-state index in [1.807, 2.05) is 12.1 Å².